The van der Waals surface area contributed by atoms with Gasteiger partial charge in [0.25, 0.3) is 5.91 Å². The summed E-state index contributed by atoms with van der Waals surface area (Å²) in [6, 6.07) is 5.03. The van der Waals surface area contributed by atoms with E-state index in [-0.39, 0.29) is 42.8 Å². The molecule has 4 aliphatic rings. The number of hydrogen-bond donors (Lipinski definition) is 2. The van der Waals surface area contributed by atoms with Gasteiger partial charge in [-0.2, -0.15) is 0 Å². The van der Waals surface area contributed by atoms with Crippen molar-refractivity contribution >= 4 is 50.0 Å². The number of hydrogen-bond acceptors (Lipinski definition) is 10. The van der Waals surface area contributed by atoms with Crippen LogP contribution < -0.4 is 19.5 Å². The quantitative estimate of drug-likeness (QED) is 0.293. The van der Waals surface area contributed by atoms with Gasteiger partial charge in [0, 0.05) is 41.9 Å². The van der Waals surface area contributed by atoms with Crippen molar-refractivity contribution in [1.29, 1.82) is 0 Å². The lowest BCUT2D eigenvalue weighted by Crippen LogP contribution is -2.54. The number of ether oxygens (including phenoxy) is 2. The molecule has 3 amide bonds. The minimum Gasteiger partial charge on any atom is -0.496 e. The Hall–Kier alpha value is -4.04. The Balaban J connectivity index is 1.22. The third-order valence-electron chi connectivity index (χ3n) is 10.9. The molecule has 14 heteroatoms. The summed E-state index contributed by atoms with van der Waals surface area (Å²) in [7, 11) is -4.81. The van der Waals surface area contributed by atoms with Gasteiger partial charge in [-0.05, 0) is 76.3 Å². The molecule has 2 aromatic heterocycles. The molecule has 12 nitrogen and oxygen atoms in total. The van der Waals surface area contributed by atoms with Crippen molar-refractivity contribution in [3.8, 4) is 22.2 Å². The van der Waals surface area contributed by atoms with E-state index in [1.165, 1.54) is 11.3 Å². The minimum absolute atomic E-state index is 0.150. The number of methoxy groups -OCH3 is 1. The Labute approximate surface area is 313 Å². The van der Waals surface area contributed by atoms with Crippen LogP contribution in [0.15, 0.2) is 35.7 Å². The van der Waals surface area contributed by atoms with Crippen molar-refractivity contribution in [3.63, 3.8) is 0 Å². The zero-order chi connectivity index (χ0) is 39.4. The molecule has 7 rings (SSSR count). The summed E-state index contributed by atoms with van der Waals surface area (Å²) in [4.78, 5) is 53.4. The highest BCUT2D eigenvalue weighted by Gasteiger charge is 2.62. The number of benzene rings is 1. The molecule has 2 N–H and O–H groups in total. The van der Waals surface area contributed by atoms with Crippen molar-refractivity contribution in [1.82, 2.24) is 24.9 Å². The number of nitrogens with one attached hydrogen (secondary N) is 2. The SMILES string of the molecule is [2H]C([2H])([2H])Oc1ccc2c(O[C@@H]3C[C@H]4C(=O)N[C@]5(C(=O)NS(=O)(=O)C6CC6)C[C@H]5/C=C\CCCCN(C)C(=O)[C@@H]4C3)cc(-c3nc(C(C)C)cs3)nc2c1C. The van der Waals surface area contributed by atoms with Crippen molar-refractivity contribution in [3.05, 3.63) is 47.0 Å². The second-order valence-electron chi connectivity index (χ2n) is 15.0. The Morgan fingerprint density at radius 3 is 2.67 bits per heavy atom. The maximum atomic E-state index is 14.3. The predicted molar refractivity (Wildman–Crippen MR) is 199 cm³/mol. The Kier molecular flexibility index (Phi) is 8.82. The van der Waals surface area contributed by atoms with Crippen molar-refractivity contribution in [2.24, 2.45) is 17.8 Å². The fraction of sp³-hybridized carbons (Fsp3) is 0.553. The molecular weight excluding hydrogens is 703 g/mol. The summed E-state index contributed by atoms with van der Waals surface area (Å²) in [5.74, 6) is -2.71. The van der Waals surface area contributed by atoms with Crippen LogP contribution >= 0.6 is 11.3 Å². The molecule has 0 radical (unpaired) electrons. The fourth-order valence-corrected chi connectivity index (χ4v) is 9.74. The summed E-state index contributed by atoms with van der Waals surface area (Å²) in [6.07, 6.45) is 7.11. The first-order valence-corrected chi connectivity index (χ1v) is 20.4. The summed E-state index contributed by atoms with van der Waals surface area (Å²) in [5, 5.41) is 5.52. The molecule has 278 valence electrons. The number of carbonyl (C=O) groups is 3. The van der Waals surface area contributed by atoms with E-state index in [0.717, 1.165) is 25.0 Å². The van der Waals surface area contributed by atoms with Crippen molar-refractivity contribution in [2.45, 2.75) is 94.9 Å². The standard InChI is InChI=1S/C38H47N5O7S2/c1-21(2)30-20-51-35(40-30)29-18-32(26-13-14-31(49-5)22(3)33(26)39-29)50-24-16-27-28(17-24)36(45)43(4)15-9-7-6-8-10-23-19-38(23,41-34(27)44)37(46)42-52(47,48)25-11-12-25/h8,10,13-14,18,20-21,23-25,27-28H,6-7,9,11-12,15-17,19H2,1-5H3,(H,41,44)(H,42,46)/b10-8-/t23-,24-,27-,28-,38-/m1/s1/i5D3. The number of aryl methyl sites for hydroxylation is 1. The first-order chi connectivity index (χ1) is 26.0. The summed E-state index contributed by atoms with van der Waals surface area (Å²) >= 11 is 1.43. The maximum absolute atomic E-state index is 14.3. The third-order valence-corrected chi connectivity index (χ3v) is 13.6. The fourth-order valence-electron chi connectivity index (χ4n) is 7.44. The van der Waals surface area contributed by atoms with Crippen molar-refractivity contribution < 1.29 is 36.4 Å². The third kappa shape index (κ3) is 7.03. The van der Waals surface area contributed by atoms with Gasteiger partial charge in [-0.15, -0.1) is 11.3 Å². The first-order valence-electron chi connectivity index (χ1n) is 19.5. The normalized spacial score (nSPS) is 28.5. The van der Waals surface area contributed by atoms with Gasteiger partial charge in [-0.3, -0.25) is 19.1 Å². The van der Waals surface area contributed by atoms with E-state index in [1.807, 2.05) is 31.4 Å². The Morgan fingerprint density at radius 1 is 1.15 bits per heavy atom. The Morgan fingerprint density at radius 2 is 1.94 bits per heavy atom. The van der Waals surface area contributed by atoms with Gasteiger partial charge in [-0.25, -0.2) is 18.4 Å². The number of amides is 3. The van der Waals surface area contributed by atoms with Gasteiger partial charge in [0.05, 0.1) is 39.4 Å². The highest BCUT2D eigenvalue weighted by Crippen LogP contribution is 2.47. The van der Waals surface area contributed by atoms with Crippen molar-refractivity contribution in [2.75, 3.05) is 20.6 Å². The molecule has 3 heterocycles. The molecule has 52 heavy (non-hydrogen) atoms. The van der Waals surface area contributed by atoms with Crippen LogP contribution in [-0.2, 0) is 24.4 Å². The molecule has 0 unspecified atom stereocenters. The number of fused-ring (bicyclic) bond motifs is 3. The van der Waals surface area contributed by atoms with E-state index in [1.54, 1.807) is 37.1 Å². The van der Waals surface area contributed by atoms with Crippen LogP contribution in [0.1, 0.15) is 86.5 Å². The van der Waals surface area contributed by atoms with E-state index >= 15 is 0 Å². The molecule has 0 saturated heterocycles. The zero-order valence-electron chi connectivity index (χ0n) is 32.8. The van der Waals surface area contributed by atoms with Gasteiger partial charge in [-0.1, -0.05) is 26.0 Å². The number of rotatable bonds is 8. The second-order valence-corrected chi connectivity index (χ2v) is 17.8. The minimum atomic E-state index is -3.86. The molecule has 3 saturated carbocycles. The van der Waals surface area contributed by atoms with Gasteiger partial charge >= 0.3 is 0 Å². The molecule has 3 aromatic rings. The van der Waals surface area contributed by atoms with Gasteiger partial charge in [0.15, 0.2) is 0 Å². The van der Waals surface area contributed by atoms with E-state index in [2.05, 4.69) is 10.0 Å². The molecular formula is C38H47N5O7S2. The average molecular weight is 753 g/mol. The smallest absolute Gasteiger partial charge is 0.259 e. The van der Waals surface area contributed by atoms with Gasteiger partial charge in [0.2, 0.25) is 21.8 Å². The van der Waals surface area contributed by atoms with Crippen LogP contribution in [-0.4, -0.2) is 78.5 Å². The van der Waals surface area contributed by atoms with E-state index in [4.69, 9.17) is 23.6 Å². The lowest BCUT2D eigenvalue weighted by atomic mass is 9.93. The molecule has 0 bridgehead atoms. The molecule has 0 spiro atoms. The van der Waals surface area contributed by atoms with Crippen LogP contribution in [0.5, 0.6) is 11.5 Å². The lowest BCUT2D eigenvalue weighted by Gasteiger charge is -2.26. The molecule has 1 aliphatic heterocycles. The number of sulfonamides is 1. The number of nitrogens with zero attached hydrogens (tertiary/aromatic N) is 3. The van der Waals surface area contributed by atoms with Crippen LogP contribution in [0.3, 0.4) is 0 Å². The summed E-state index contributed by atoms with van der Waals surface area (Å²) < 4.78 is 62.9. The number of carbonyl (C=O) groups excluding carboxylic acids is 3. The predicted octanol–water partition coefficient (Wildman–Crippen LogP) is 5.25. The van der Waals surface area contributed by atoms with Gasteiger partial charge in [0.1, 0.15) is 33.8 Å². The van der Waals surface area contributed by atoms with E-state index < -0.39 is 57.6 Å². The van der Waals surface area contributed by atoms with Crippen LogP contribution in [0.25, 0.3) is 21.6 Å². The van der Waals surface area contributed by atoms with E-state index in [9.17, 15) is 22.8 Å². The largest absolute Gasteiger partial charge is 0.496 e. The summed E-state index contributed by atoms with van der Waals surface area (Å²) in [5.41, 5.74) is 0.930. The van der Waals surface area contributed by atoms with E-state index in [0.29, 0.717) is 52.3 Å². The summed E-state index contributed by atoms with van der Waals surface area (Å²) in [6.45, 7) is 6.33. The number of allylic oxidation sites excluding steroid dienone is 1. The number of thiazole rings is 1. The van der Waals surface area contributed by atoms with Crippen LogP contribution in [0, 0.1) is 24.7 Å². The topological polar surface area (TPSA) is 157 Å². The lowest BCUT2D eigenvalue weighted by molar-refractivity contribution is -0.140. The second kappa shape index (κ2) is 14.1. The average Bonchev–Trinajstić information content (AvgIpc) is 3.99. The molecule has 3 fully saturated rings. The highest BCUT2D eigenvalue weighted by molar-refractivity contribution is 7.91. The molecule has 5 atom stereocenters. The highest BCUT2D eigenvalue weighted by atomic mass is 32.2. The van der Waals surface area contributed by atoms with Crippen LogP contribution in [0.4, 0.5) is 0 Å². The Bertz CT molecular complexity index is 2150. The number of aromatic nitrogens is 2. The molecule has 3 aliphatic carbocycles. The maximum Gasteiger partial charge on any atom is 0.259 e. The monoisotopic (exact) mass is 752 g/mol. The molecule has 1 aromatic carbocycles. The first kappa shape index (κ1) is 32.6. The van der Waals surface area contributed by atoms with Gasteiger partial charge < -0.3 is 19.7 Å². The van der Waals surface area contributed by atoms with Crippen LogP contribution in [0.2, 0.25) is 0 Å². The number of pyridine rings is 1. The zero-order valence-corrected chi connectivity index (χ0v) is 31.4.